The second-order valence-corrected chi connectivity index (χ2v) is 9.33. The summed E-state index contributed by atoms with van der Waals surface area (Å²) >= 11 is 0. The van der Waals surface area contributed by atoms with E-state index in [-0.39, 0.29) is 22.9 Å². The van der Waals surface area contributed by atoms with E-state index in [1.54, 1.807) is 38.4 Å². The number of ether oxygens (including phenoxy) is 1. The van der Waals surface area contributed by atoms with Gasteiger partial charge in [-0.1, -0.05) is 49.9 Å². The molecule has 1 saturated carbocycles. The van der Waals surface area contributed by atoms with Crippen LogP contribution in [0.5, 0.6) is 5.75 Å². The third kappa shape index (κ3) is 6.03. The minimum absolute atomic E-state index is 0.288. The zero-order chi connectivity index (χ0) is 25.5. The molecule has 0 saturated heterocycles. The number of pyridine rings is 1. The molecule has 1 aromatic heterocycles. The molecule has 0 aliphatic heterocycles. The van der Waals surface area contributed by atoms with Crippen LogP contribution in [0, 0.1) is 0 Å². The number of nitrogens with one attached hydrogen (secondary N) is 2. The fourth-order valence-electron chi connectivity index (χ4n) is 4.86. The first-order valence-electron chi connectivity index (χ1n) is 12.5. The topological polar surface area (TPSA) is 91.5 Å². The molecule has 2 N–H and O–H groups in total. The van der Waals surface area contributed by atoms with Gasteiger partial charge in [0.2, 0.25) is 5.56 Å². The van der Waals surface area contributed by atoms with E-state index in [2.05, 4.69) is 22.4 Å². The molecule has 2 aromatic carbocycles. The van der Waals surface area contributed by atoms with Crippen LogP contribution >= 0.6 is 0 Å². The Kier molecular flexibility index (Phi) is 8.21. The van der Waals surface area contributed by atoms with Gasteiger partial charge in [-0.25, -0.2) is 0 Å². The highest BCUT2D eigenvalue weighted by molar-refractivity contribution is 6.01. The summed E-state index contributed by atoms with van der Waals surface area (Å²) in [6.07, 6.45) is 8.93. The van der Waals surface area contributed by atoms with Crippen LogP contribution in [-0.4, -0.2) is 35.9 Å². The largest absolute Gasteiger partial charge is 0.497 e. The molecule has 1 fully saturated rings. The quantitative estimate of drug-likeness (QED) is 0.444. The number of carbonyl (C=O) groups excluding carboxylic acids is 2. The van der Waals surface area contributed by atoms with E-state index in [1.165, 1.54) is 67.3 Å². The van der Waals surface area contributed by atoms with Crippen LogP contribution in [0.15, 0.2) is 71.7 Å². The molecule has 7 nitrogen and oxygen atoms in total. The van der Waals surface area contributed by atoms with Crippen molar-refractivity contribution in [2.75, 3.05) is 19.5 Å². The second kappa shape index (κ2) is 11.7. The maximum atomic E-state index is 13.5. The van der Waals surface area contributed by atoms with Crippen molar-refractivity contribution >= 4 is 17.5 Å². The number of H-pyrrole nitrogens is 1. The Hall–Kier alpha value is -3.87. The highest BCUT2D eigenvalue weighted by atomic mass is 16.5. The lowest BCUT2D eigenvalue weighted by molar-refractivity contribution is -0.120. The summed E-state index contributed by atoms with van der Waals surface area (Å²) < 4.78 is 5.25. The van der Waals surface area contributed by atoms with Gasteiger partial charge in [-0.3, -0.25) is 14.4 Å². The summed E-state index contributed by atoms with van der Waals surface area (Å²) in [4.78, 5) is 42.1. The molecule has 1 unspecified atom stereocenters. The second-order valence-electron chi connectivity index (χ2n) is 9.33. The number of aromatic amines is 1. The number of hydrogen-bond donors (Lipinski definition) is 2. The van der Waals surface area contributed by atoms with Crippen molar-refractivity contribution in [1.82, 2.24) is 9.88 Å². The predicted octanol–water partition coefficient (Wildman–Crippen LogP) is 5.27. The summed E-state index contributed by atoms with van der Waals surface area (Å²) in [5.74, 6) is 0.514. The van der Waals surface area contributed by atoms with E-state index < -0.39 is 6.04 Å². The number of benzene rings is 2. The van der Waals surface area contributed by atoms with Crippen molar-refractivity contribution in [3.05, 3.63) is 93.9 Å². The van der Waals surface area contributed by atoms with E-state index in [9.17, 15) is 14.4 Å². The Labute approximate surface area is 211 Å². The number of aromatic nitrogens is 1. The molecular formula is C29H33N3O4. The first-order valence-corrected chi connectivity index (χ1v) is 12.5. The zero-order valence-corrected chi connectivity index (χ0v) is 20.8. The minimum atomic E-state index is -0.892. The highest BCUT2D eigenvalue weighted by Crippen LogP contribution is 2.32. The van der Waals surface area contributed by atoms with Crippen molar-refractivity contribution in [3.63, 3.8) is 0 Å². The van der Waals surface area contributed by atoms with Gasteiger partial charge in [0.15, 0.2) is 0 Å². The minimum Gasteiger partial charge on any atom is -0.497 e. The number of carbonyl (C=O) groups is 2. The summed E-state index contributed by atoms with van der Waals surface area (Å²) in [5, 5.41) is 2.99. The Bertz CT molecular complexity index is 1210. The molecule has 1 heterocycles. The Morgan fingerprint density at radius 2 is 1.61 bits per heavy atom. The molecule has 3 aromatic rings. The van der Waals surface area contributed by atoms with Gasteiger partial charge in [0.25, 0.3) is 11.8 Å². The van der Waals surface area contributed by atoms with Crippen LogP contribution in [0.1, 0.15) is 72.0 Å². The van der Waals surface area contributed by atoms with Crippen molar-refractivity contribution in [1.29, 1.82) is 0 Å². The van der Waals surface area contributed by atoms with Crippen molar-refractivity contribution in [3.8, 4) is 5.75 Å². The zero-order valence-electron chi connectivity index (χ0n) is 20.8. The lowest BCUT2D eigenvalue weighted by Gasteiger charge is -2.28. The van der Waals surface area contributed by atoms with Crippen LogP contribution in [0.4, 0.5) is 5.69 Å². The number of methoxy groups -OCH3 is 1. The number of hydrogen-bond acceptors (Lipinski definition) is 4. The third-order valence-corrected chi connectivity index (χ3v) is 6.92. The standard InChI is InChI=1S/C29H33N3O4/c1-32(29(35)23-13-18-26(33)30-19-23)27(22-11-16-25(36-2)17-12-22)28(34)31-24-14-9-21(10-15-24)20-7-5-3-4-6-8-20/h9-20,27H,3-8H2,1-2H3,(H,30,33)(H,31,34). The maximum Gasteiger partial charge on any atom is 0.256 e. The molecule has 1 atom stereocenters. The lowest BCUT2D eigenvalue weighted by atomic mass is 9.92. The van der Waals surface area contributed by atoms with Gasteiger partial charge in [0, 0.05) is 25.0 Å². The molecular weight excluding hydrogens is 454 g/mol. The molecule has 1 aliphatic rings. The highest BCUT2D eigenvalue weighted by Gasteiger charge is 2.30. The number of anilines is 1. The molecule has 4 rings (SSSR count). The number of amides is 2. The van der Waals surface area contributed by atoms with Crippen molar-refractivity contribution in [2.45, 2.75) is 50.5 Å². The molecule has 0 bridgehead atoms. The molecule has 7 heteroatoms. The van der Waals surface area contributed by atoms with Crippen LogP contribution in [0.2, 0.25) is 0 Å². The van der Waals surface area contributed by atoms with Gasteiger partial charge < -0.3 is 19.9 Å². The monoisotopic (exact) mass is 487 g/mol. The van der Waals surface area contributed by atoms with Crippen LogP contribution in [0.25, 0.3) is 0 Å². The van der Waals surface area contributed by atoms with Crippen molar-refractivity contribution < 1.29 is 14.3 Å². The average Bonchev–Trinajstić information content (AvgIpc) is 3.19. The van der Waals surface area contributed by atoms with E-state index in [0.29, 0.717) is 22.9 Å². The van der Waals surface area contributed by atoms with Gasteiger partial charge >= 0.3 is 0 Å². The van der Waals surface area contributed by atoms with E-state index >= 15 is 0 Å². The normalized spacial score (nSPS) is 14.9. The summed E-state index contributed by atoms with van der Waals surface area (Å²) in [6.45, 7) is 0. The molecule has 0 spiro atoms. The van der Waals surface area contributed by atoms with Gasteiger partial charge in [0.1, 0.15) is 11.8 Å². The van der Waals surface area contributed by atoms with Gasteiger partial charge in [-0.15, -0.1) is 0 Å². The summed E-state index contributed by atoms with van der Waals surface area (Å²) in [7, 11) is 3.15. The molecule has 1 aliphatic carbocycles. The number of rotatable bonds is 7. The first-order chi connectivity index (χ1) is 17.5. The SMILES string of the molecule is COc1ccc(C(C(=O)Nc2ccc(C3CCCCCC3)cc2)N(C)C(=O)c2ccc(=O)[nH]c2)cc1. The van der Waals surface area contributed by atoms with E-state index in [0.717, 1.165) is 0 Å². The van der Waals surface area contributed by atoms with E-state index in [1.807, 2.05) is 12.1 Å². The maximum absolute atomic E-state index is 13.5. The third-order valence-electron chi connectivity index (χ3n) is 6.92. The van der Waals surface area contributed by atoms with Crippen LogP contribution in [-0.2, 0) is 4.79 Å². The Morgan fingerprint density at radius 3 is 2.19 bits per heavy atom. The van der Waals surface area contributed by atoms with Crippen LogP contribution < -0.4 is 15.6 Å². The molecule has 188 valence electrons. The summed E-state index contributed by atoms with van der Waals surface area (Å²) in [6, 6.07) is 17.0. The summed E-state index contributed by atoms with van der Waals surface area (Å²) in [5.41, 5.74) is 2.62. The van der Waals surface area contributed by atoms with Gasteiger partial charge in [-0.2, -0.15) is 0 Å². The lowest BCUT2D eigenvalue weighted by Crippen LogP contribution is -2.38. The Morgan fingerprint density at radius 1 is 0.944 bits per heavy atom. The average molecular weight is 488 g/mol. The number of likely N-dealkylation sites (N-methyl/N-ethyl adjacent to an activating group) is 1. The van der Waals surface area contributed by atoms with Gasteiger partial charge in [0.05, 0.1) is 12.7 Å². The molecule has 2 amide bonds. The number of nitrogens with zero attached hydrogens (tertiary/aromatic N) is 1. The Balaban J connectivity index is 1.56. The first kappa shape index (κ1) is 25.2. The molecule has 36 heavy (non-hydrogen) atoms. The smallest absolute Gasteiger partial charge is 0.256 e. The molecule has 0 radical (unpaired) electrons. The predicted molar refractivity (Wildman–Crippen MR) is 140 cm³/mol. The fraction of sp³-hybridized carbons (Fsp3) is 0.345. The van der Waals surface area contributed by atoms with Gasteiger partial charge in [-0.05, 0) is 60.2 Å². The fourth-order valence-corrected chi connectivity index (χ4v) is 4.86. The van der Waals surface area contributed by atoms with E-state index in [4.69, 9.17) is 4.74 Å². The van der Waals surface area contributed by atoms with Crippen LogP contribution in [0.3, 0.4) is 0 Å². The van der Waals surface area contributed by atoms with Crippen molar-refractivity contribution in [2.24, 2.45) is 0 Å².